The van der Waals surface area contributed by atoms with Gasteiger partial charge in [0.25, 0.3) is 0 Å². The molecule has 3 heteroatoms. The van der Waals surface area contributed by atoms with Crippen LogP contribution in [0.3, 0.4) is 0 Å². The van der Waals surface area contributed by atoms with E-state index in [1.54, 1.807) is 0 Å². The molecule has 1 N–H and O–H groups in total. The van der Waals surface area contributed by atoms with Crippen LogP contribution in [0.15, 0.2) is 17.5 Å². The first-order valence-electron chi connectivity index (χ1n) is 7.10. The van der Waals surface area contributed by atoms with E-state index in [1.807, 2.05) is 11.3 Å². The van der Waals surface area contributed by atoms with E-state index in [9.17, 15) is 0 Å². The first-order chi connectivity index (χ1) is 8.74. The molecule has 1 fully saturated rings. The summed E-state index contributed by atoms with van der Waals surface area (Å²) in [6, 6.07) is 4.39. The van der Waals surface area contributed by atoms with Gasteiger partial charge in [-0.05, 0) is 43.8 Å². The number of nitrogens with one attached hydrogen (secondary N) is 1. The summed E-state index contributed by atoms with van der Waals surface area (Å²) in [4.78, 5) is 3.99. The zero-order valence-electron chi connectivity index (χ0n) is 11.7. The number of hydrogen-bond acceptors (Lipinski definition) is 3. The number of rotatable bonds is 6. The van der Waals surface area contributed by atoms with E-state index in [1.165, 1.54) is 50.1 Å². The second-order valence-electron chi connectivity index (χ2n) is 5.84. The van der Waals surface area contributed by atoms with Crippen molar-refractivity contribution in [2.24, 2.45) is 5.41 Å². The number of thiophene rings is 1. The fourth-order valence-corrected chi connectivity index (χ4v) is 4.15. The summed E-state index contributed by atoms with van der Waals surface area (Å²) in [7, 11) is 4.36. The summed E-state index contributed by atoms with van der Waals surface area (Å²) in [5.41, 5.74) is 0.513. The molecular weight excluding hydrogens is 240 g/mol. The van der Waals surface area contributed by atoms with E-state index in [0.29, 0.717) is 5.41 Å². The number of hydrogen-bond donors (Lipinski definition) is 1. The maximum absolute atomic E-state index is 3.42. The molecule has 0 radical (unpaired) electrons. The first kappa shape index (κ1) is 14.0. The lowest BCUT2D eigenvalue weighted by molar-refractivity contribution is 0.117. The lowest BCUT2D eigenvalue weighted by Gasteiger charge is -2.40. The van der Waals surface area contributed by atoms with Gasteiger partial charge >= 0.3 is 0 Å². The summed E-state index contributed by atoms with van der Waals surface area (Å²) >= 11 is 1.87. The van der Waals surface area contributed by atoms with Gasteiger partial charge in [0, 0.05) is 24.5 Å². The Hall–Kier alpha value is -0.380. The molecule has 1 saturated carbocycles. The minimum atomic E-state index is 0.513. The molecule has 0 spiro atoms. The molecule has 1 aliphatic rings. The standard InChI is InChI=1S/C15H26N2S/c1-16-12-15(8-4-3-5-9-15)13-17(2)11-14-7-6-10-18-14/h6-7,10,16H,3-5,8-9,11-13H2,1-2H3. The molecule has 0 bridgehead atoms. The summed E-state index contributed by atoms with van der Waals surface area (Å²) in [5, 5.41) is 5.59. The Labute approximate surface area is 115 Å². The molecule has 0 saturated heterocycles. The predicted octanol–water partition coefficient (Wildman–Crippen LogP) is 3.35. The summed E-state index contributed by atoms with van der Waals surface area (Å²) in [6.07, 6.45) is 7.04. The van der Waals surface area contributed by atoms with Crippen LogP contribution >= 0.6 is 11.3 Å². The third-order valence-corrected chi connectivity index (χ3v) is 4.94. The van der Waals surface area contributed by atoms with Crippen molar-refractivity contribution in [2.75, 3.05) is 27.2 Å². The molecule has 18 heavy (non-hydrogen) atoms. The van der Waals surface area contributed by atoms with Crippen molar-refractivity contribution in [3.63, 3.8) is 0 Å². The summed E-state index contributed by atoms with van der Waals surface area (Å²) < 4.78 is 0. The van der Waals surface area contributed by atoms with Crippen LogP contribution in [-0.4, -0.2) is 32.1 Å². The monoisotopic (exact) mass is 266 g/mol. The quantitative estimate of drug-likeness (QED) is 0.849. The Morgan fingerprint density at radius 3 is 2.72 bits per heavy atom. The molecule has 1 aromatic heterocycles. The van der Waals surface area contributed by atoms with Gasteiger partial charge in [0.15, 0.2) is 0 Å². The molecule has 0 aromatic carbocycles. The average molecular weight is 266 g/mol. The average Bonchev–Trinajstić information content (AvgIpc) is 2.83. The Bertz CT molecular complexity index is 323. The molecule has 0 atom stereocenters. The Morgan fingerprint density at radius 1 is 1.33 bits per heavy atom. The highest BCUT2D eigenvalue weighted by Gasteiger charge is 2.32. The fraction of sp³-hybridized carbons (Fsp3) is 0.733. The zero-order valence-corrected chi connectivity index (χ0v) is 12.6. The van der Waals surface area contributed by atoms with Gasteiger partial charge in [0.05, 0.1) is 0 Å². The summed E-state index contributed by atoms with van der Waals surface area (Å²) in [6.45, 7) is 3.50. The smallest absolute Gasteiger partial charge is 0.0325 e. The maximum Gasteiger partial charge on any atom is 0.0325 e. The van der Waals surface area contributed by atoms with E-state index >= 15 is 0 Å². The van der Waals surface area contributed by atoms with Crippen molar-refractivity contribution >= 4 is 11.3 Å². The number of nitrogens with zero attached hydrogens (tertiary/aromatic N) is 1. The topological polar surface area (TPSA) is 15.3 Å². The maximum atomic E-state index is 3.42. The first-order valence-corrected chi connectivity index (χ1v) is 7.98. The van der Waals surface area contributed by atoms with Crippen molar-refractivity contribution in [1.82, 2.24) is 10.2 Å². The van der Waals surface area contributed by atoms with Crippen molar-refractivity contribution in [3.8, 4) is 0 Å². The molecular formula is C15H26N2S. The third kappa shape index (κ3) is 3.81. The van der Waals surface area contributed by atoms with Crippen molar-refractivity contribution < 1.29 is 0 Å². The van der Waals surface area contributed by atoms with E-state index in [-0.39, 0.29) is 0 Å². The van der Waals surface area contributed by atoms with E-state index in [0.717, 1.165) is 6.54 Å². The van der Waals surface area contributed by atoms with Crippen LogP contribution in [0, 0.1) is 5.41 Å². The molecule has 0 unspecified atom stereocenters. The highest BCUT2D eigenvalue weighted by Crippen LogP contribution is 2.36. The van der Waals surface area contributed by atoms with E-state index in [4.69, 9.17) is 0 Å². The van der Waals surface area contributed by atoms with Gasteiger partial charge in [0.1, 0.15) is 0 Å². The highest BCUT2D eigenvalue weighted by molar-refractivity contribution is 7.09. The van der Waals surface area contributed by atoms with Crippen molar-refractivity contribution in [3.05, 3.63) is 22.4 Å². The Kier molecular flexibility index (Phi) is 5.22. The van der Waals surface area contributed by atoms with Gasteiger partial charge in [-0.15, -0.1) is 11.3 Å². The largest absolute Gasteiger partial charge is 0.319 e. The van der Waals surface area contributed by atoms with Crippen LogP contribution in [0.1, 0.15) is 37.0 Å². The van der Waals surface area contributed by atoms with Crippen LogP contribution in [0.4, 0.5) is 0 Å². The highest BCUT2D eigenvalue weighted by atomic mass is 32.1. The molecule has 1 aliphatic carbocycles. The van der Waals surface area contributed by atoms with Gasteiger partial charge in [0.2, 0.25) is 0 Å². The molecule has 0 amide bonds. The van der Waals surface area contributed by atoms with Gasteiger partial charge < -0.3 is 10.2 Å². The second kappa shape index (κ2) is 6.69. The minimum absolute atomic E-state index is 0.513. The van der Waals surface area contributed by atoms with E-state index < -0.39 is 0 Å². The van der Waals surface area contributed by atoms with Gasteiger partial charge in [-0.1, -0.05) is 25.3 Å². The third-order valence-electron chi connectivity index (χ3n) is 4.08. The molecule has 2 nitrogen and oxygen atoms in total. The second-order valence-corrected chi connectivity index (χ2v) is 6.87. The van der Waals surface area contributed by atoms with Gasteiger partial charge in [-0.3, -0.25) is 0 Å². The van der Waals surface area contributed by atoms with Crippen LogP contribution in [0.25, 0.3) is 0 Å². The molecule has 102 valence electrons. The zero-order chi connectivity index (χ0) is 12.8. The predicted molar refractivity (Wildman–Crippen MR) is 80.1 cm³/mol. The molecule has 1 aromatic rings. The molecule has 1 heterocycles. The van der Waals surface area contributed by atoms with Gasteiger partial charge in [-0.25, -0.2) is 0 Å². The van der Waals surface area contributed by atoms with Crippen LogP contribution < -0.4 is 5.32 Å². The molecule has 2 rings (SSSR count). The SMILES string of the molecule is CNCC1(CN(C)Cc2cccs2)CCCCC1. The van der Waals surface area contributed by atoms with Gasteiger partial charge in [-0.2, -0.15) is 0 Å². The Morgan fingerprint density at radius 2 is 2.11 bits per heavy atom. The van der Waals surface area contributed by atoms with Crippen LogP contribution in [-0.2, 0) is 6.54 Å². The fourth-order valence-electron chi connectivity index (χ4n) is 3.36. The van der Waals surface area contributed by atoms with Crippen LogP contribution in [0.5, 0.6) is 0 Å². The lowest BCUT2D eigenvalue weighted by atomic mass is 9.73. The van der Waals surface area contributed by atoms with E-state index in [2.05, 4.69) is 41.8 Å². The Balaban J connectivity index is 1.91. The summed E-state index contributed by atoms with van der Waals surface area (Å²) in [5.74, 6) is 0. The lowest BCUT2D eigenvalue weighted by Crippen LogP contribution is -2.43. The van der Waals surface area contributed by atoms with Crippen molar-refractivity contribution in [1.29, 1.82) is 0 Å². The minimum Gasteiger partial charge on any atom is -0.319 e. The normalized spacial score (nSPS) is 19.3. The van der Waals surface area contributed by atoms with Crippen molar-refractivity contribution in [2.45, 2.75) is 38.6 Å². The van der Waals surface area contributed by atoms with Crippen LogP contribution in [0.2, 0.25) is 0 Å². The molecule has 0 aliphatic heterocycles.